The van der Waals surface area contributed by atoms with E-state index in [2.05, 4.69) is 20.9 Å². The molecule has 2 amide bonds. The van der Waals surface area contributed by atoms with Crippen LogP contribution in [-0.2, 0) is 6.54 Å². The minimum Gasteiger partial charge on any atom is -0.439 e. The van der Waals surface area contributed by atoms with Gasteiger partial charge in [0.05, 0.1) is 0 Å². The maximum atomic E-state index is 11.9. The van der Waals surface area contributed by atoms with Gasteiger partial charge in [-0.2, -0.15) is 0 Å². The number of amides is 2. The molecule has 0 bridgehead atoms. The number of hydrogen-bond acceptors (Lipinski definition) is 4. The van der Waals surface area contributed by atoms with Crippen LogP contribution >= 0.6 is 0 Å². The van der Waals surface area contributed by atoms with Crippen LogP contribution in [0.4, 0.5) is 4.79 Å². The van der Waals surface area contributed by atoms with Crippen LogP contribution in [0.25, 0.3) is 0 Å². The fraction of sp³-hybridized carbons (Fsp3) is 0.368. The van der Waals surface area contributed by atoms with Gasteiger partial charge in [0.15, 0.2) is 0 Å². The summed E-state index contributed by atoms with van der Waals surface area (Å²) in [5.41, 5.74) is 0.937. The van der Waals surface area contributed by atoms with Crippen molar-refractivity contribution in [2.24, 2.45) is 0 Å². The second-order valence-corrected chi connectivity index (χ2v) is 6.13. The number of ether oxygens (including phenoxy) is 1. The number of aromatic nitrogens is 1. The molecule has 6 nitrogen and oxygen atoms in total. The molecule has 1 saturated heterocycles. The quantitative estimate of drug-likeness (QED) is 0.756. The van der Waals surface area contributed by atoms with Crippen molar-refractivity contribution in [1.82, 2.24) is 20.9 Å². The summed E-state index contributed by atoms with van der Waals surface area (Å²) in [4.78, 5) is 16.1. The SMILES string of the molecule is O=C(NCc1ccnc(Oc2ccccc2)c1)NCC1CCCCN1. The number of piperidine rings is 1. The molecule has 1 aliphatic rings. The Morgan fingerprint density at radius 3 is 2.88 bits per heavy atom. The van der Waals surface area contributed by atoms with E-state index in [1.165, 1.54) is 12.8 Å². The van der Waals surface area contributed by atoms with Crippen molar-refractivity contribution in [2.75, 3.05) is 13.1 Å². The van der Waals surface area contributed by atoms with Crippen molar-refractivity contribution in [3.8, 4) is 11.6 Å². The first-order chi connectivity index (χ1) is 12.3. The van der Waals surface area contributed by atoms with E-state index in [1.807, 2.05) is 42.5 Å². The van der Waals surface area contributed by atoms with Crippen molar-refractivity contribution in [1.29, 1.82) is 0 Å². The first-order valence-corrected chi connectivity index (χ1v) is 8.72. The van der Waals surface area contributed by atoms with Gasteiger partial charge in [0, 0.05) is 31.4 Å². The Kier molecular flexibility index (Phi) is 6.23. The number of carbonyl (C=O) groups is 1. The average Bonchev–Trinajstić information content (AvgIpc) is 2.67. The third kappa shape index (κ3) is 5.76. The van der Waals surface area contributed by atoms with Gasteiger partial charge in [-0.25, -0.2) is 9.78 Å². The fourth-order valence-corrected chi connectivity index (χ4v) is 2.78. The first-order valence-electron chi connectivity index (χ1n) is 8.72. The number of hydrogen-bond donors (Lipinski definition) is 3. The molecule has 6 heteroatoms. The predicted molar refractivity (Wildman–Crippen MR) is 96.6 cm³/mol. The van der Waals surface area contributed by atoms with E-state index >= 15 is 0 Å². The minimum atomic E-state index is -0.158. The van der Waals surface area contributed by atoms with Crippen molar-refractivity contribution in [3.63, 3.8) is 0 Å². The smallest absolute Gasteiger partial charge is 0.315 e. The summed E-state index contributed by atoms with van der Waals surface area (Å²) in [7, 11) is 0. The number of rotatable bonds is 6. The van der Waals surface area contributed by atoms with Gasteiger partial charge in [0.1, 0.15) is 5.75 Å². The Morgan fingerprint density at radius 1 is 1.20 bits per heavy atom. The van der Waals surface area contributed by atoms with E-state index in [0.717, 1.165) is 24.3 Å². The third-order valence-corrected chi connectivity index (χ3v) is 4.14. The summed E-state index contributed by atoms with van der Waals surface area (Å²) in [6.45, 7) is 2.12. The van der Waals surface area contributed by atoms with Crippen LogP contribution in [-0.4, -0.2) is 30.1 Å². The van der Waals surface area contributed by atoms with Crippen LogP contribution in [0, 0.1) is 0 Å². The molecule has 0 radical (unpaired) electrons. The molecule has 1 unspecified atom stereocenters. The number of nitrogens with one attached hydrogen (secondary N) is 3. The predicted octanol–water partition coefficient (Wildman–Crippen LogP) is 2.82. The normalized spacial score (nSPS) is 16.9. The number of carbonyl (C=O) groups excluding carboxylic acids is 1. The van der Waals surface area contributed by atoms with Crippen molar-refractivity contribution < 1.29 is 9.53 Å². The van der Waals surface area contributed by atoms with Crippen LogP contribution in [0.15, 0.2) is 48.7 Å². The van der Waals surface area contributed by atoms with E-state index in [-0.39, 0.29) is 6.03 Å². The van der Waals surface area contributed by atoms with E-state index in [4.69, 9.17) is 4.74 Å². The zero-order valence-corrected chi connectivity index (χ0v) is 14.2. The molecule has 2 heterocycles. The second-order valence-electron chi connectivity index (χ2n) is 6.13. The highest BCUT2D eigenvalue weighted by Gasteiger charge is 2.13. The molecule has 132 valence electrons. The lowest BCUT2D eigenvalue weighted by Gasteiger charge is -2.23. The van der Waals surface area contributed by atoms with E-state index < -0.39 is 0 Å². The maximum absolute atomic E-state index is 11.9. The molecule has 0 aliphatic carbocycles. The van der Waals surface area contributed by atoms with Gasteiger partial charge in [-0.3, -0.25) is 0 Å². The van der Waals surface area contributed by atoms with Crippen LogP contribution in [0.5, 0.6) is 11.6 Å². The lowest BCUT2D eigenvalue weighted by Crippen LogP contribution is -2.46. The monoisotopic (exact) mass is 340 g/mol. The van der Waals surface area contributed by atoms with Gasteiger partial charge in [-0.05, 0) is 43.1 Å². The molecular weight excluding hydrogens is 316 g/mol. The van der Waals surface area contributed by atoms with Crippen LogP contribution < -0.4 is 20.7 Å². The second kappa shape index (κ2) is 9.03. The standard InChI is InChI=1S/C19H24N4O2/c24-19(23-14-16-6-4-5-10-20-16)22-13-15-9-11-21-18(12-15)25-17-7-2-1-3-8-17/h1-3,7-9,11-12,16,20H,4-6,10,13-14H2,(H2,22,23,24). The summed E-state index contributed by atoms with van der Waals surface area (Å²) >= 11 is 0. The summed E-state index contributed by atoms with van der Waals surface area (Å²) < 4.78 is 5.70. The summed E-state index contributed by atoms with van der Waals surface area (Å²) in [5, 5.41) is 9.20. The highest BCUT2D eigenvalue weighted by Crippen LogP contribution is 2.19. The zero-order valence-electron chi connectivity index (χ0n) is 14.2. The zero-order chi connectivity index (χ0) is 17.3. The number of para-hydroxylation sites is 1. The molecule has 25 heavy (non-hydrogen) atoms. The summed E-state index contributed by atoms with van der Waals surface area (Å²) in [6.07, 6.45) is 5.24. The van der Waals surface area contributed by atoms with Crippen LogP contribution in [0.1, 0.15) is 24.8 Å². The molecule has 0 spiro atoms. The maximum Gasteiger partial charge on any atom is 0.315 e. The molecule has 3 rings (SSSR count). The highest BCUT2D eigenvalue weighted by atomic mass is 16.5. The Balaban J connectivity index is 1.44. The molecule has 0 saturated carbocycles. The largest absolute Gasteiger partial charge is 0.439 e. The fourth-order valence-electron chi connectivity index (χ4n) is 2.78. The summed E-state index contributed by atoms with van der Waals surface area (Å²) in [5.74, 6) is 1.25. The average molecular weight is 340 g/mol. The van der Waals surface area contributed by atoms with Crippen molar-refractivity contribution >= 4 is 6.03 Å². The number of urea groups is 1. The Bertz CT molecular complexity index is 672. The van der Waals surface area contributed by atoms with Gasteiger partial charge < -0.3 is 20.7 Å². The first kappa shape index (κ1) is 17.2. The van der Waals surface area contributed by atoms with Gasteiger partial charge in [-0.1, -0.05) is 24.6 Å². The van der Waals surface area contributed by atoms with Crippen molar-refractivity contribution in [3.05, 3.63) is 54.2 Å². The van der Waals surface area contributed by atoms with Gasteiger partial charge in [0.2, 0.25) is 5.88 Å². The molecule has 1 aliphatic heterocycles. The molecular formula is C19H24N4O2. The Hall–Kier alpha value is -2.60. The van der Waals surface area contributed by atoms with Gasteiger partial charge in [-0.15, -0.1) is 0 Å². The van der Waals surface area contributed by atoms with Gasteiger partial charge >= 0.3 is 6.03 Å². The number of pyridine rings is 1. The Labute approximate surface area is 148 Å². The third-order valence-electron chi connectivity index (χ3n) is 4.14. The van der Waals surface area contributed by atoms with E-state index in [9.17, 15) is 4.79 Å². The van der Waals surface area contributed by atoms with Crippen LogP contribution in [0.2, 0.25) is 0 Å². The lowest BCUT2D eigenvalue weighted by molar-refractivity contribution is 0.238. The summed E-state index contributed by atoms with van der Waals surface area (Å²) in [6, 6.07) is 13.4. The molecule has 1 atom stereocenters. The highest BCUT2D eigenvalue weighted by molar-refractivity contribution is 5.73. The van der Waals surface area contributed by atoms with E-state index in [1.54, 1.807) is 6.20 Å². The van der Waals surface area contributed by atoms with E-state index in [0.29, 0.717) is 25.0 Å². The molecule has 1 aromatic heterocycles. The van der Waals surface area contributed by atoms with Crippen LogP contribution in [0.3, 0.4) is 0 Å². The van der Waals surface area contributed by atoms with Gasteiger partial charge in [0.25, 0.3) is 0 Å². The molecule has 1 fully saturated rings. The molecule has 2 aromatic rings. The minimum absolute atomic E-state index is 0.158. The molecule has 3 N–H and O–H groups in total. The number of nitrogens with zero attached hydrogens (tertiary/aromatic N) is 1. The number of benzene rings is 1. The Morgan fingerprint density at radius 2 is 2.08 bits per heavy atom. The molecule has 1 aromatic carbocycles. The lowest BCUT2D eigenvalue weighted by atomic mass is 10.1. The topological polar surface area (TPSA) is 75.3 Å². The van der Waals surface area contributed by atoms with Crippen molar-refractivity contribution in [2.45, 2.75) is 31.8 Å².